The zero-order chi connectivity index (χ0) is 11.9. The van der Waals surface area contributed by atoms with Gasteiger partial charge in [0.2, 0.25) is 0 Å². The van der Waals surface area contributed by atoms with Crippen LogP contribution in [0.1, 0.15) is 56.5 Å². The first-order chi connectivity index (χ1) is 7.52. The van der Waals surface area contributed by atoms with Crippen LogP contribution in [-0.2, 0) is 6.42 Å². The Bertz CT molecular complexity index is 413. The fraction of sp³-hybridized carbons (Fsp3) is 0.615. The first-order valence-electron chi connectivity index (χ1n) is 5.87. The third-order valence-electron chi connectivity index (χ3n) is 2.93. The normalized spacial score (nSPS) is 14.4. The molecule has 0 aromatic carbocycles. The maximum absolute atomic E-state index is 14.3. The maximum Gasteiger partial charge on any atom is 0.152 e. The van der Waals surface area contributed by atoms with Gasteiger partial charge in [0.25, 0.3) is 0 Å². The van der Waals surface area contributed by atoms with Gasteiger partial charge in [-0.05, 0) is 11.8 Å². The summed E-state index contributed by atoms with van der Waals surface area (Å²) in [5.74, 6) is 0.762. The van der Waals surface area contributed by atoms with Gasteiger partial charge in [0.15, 0.2) is 5.82 Å². The fourth-order valence-electron chi connectivity index (χ4n) is 2.12. The molecule has 88 valence electrons. The molecule has 0 aliphatic carbocycles. The summed E-state index contributed by atoms with van der Waals surface area (Å²) in [7, 11) is 0. The van der Waals surface area contributed by atoms with Crippen molar-refractivity contribution in [3.63, 3.8) is 0 Å². The number of aromatic nitrogens is 1. The van der Waals surface area contributed by atoms with Crippen molar-refractivity contribution < 1.29 is 9.13 Å². The Hall–Kier alpha value is -1.12. The number of nitrogens with zero attached hydrogens (tertiary/aromatic N) is 1. The SMILES string of the molecule is CC(C)c1nc2c(c(C(C)C)c1F)OCC2. The summed E-state index contributed by atoms with van der Waals surface area (Å²) in [4.78, 5) is 4.40. The predicted octanol–water partition coefficient (Wildman–Crippen LogP) is 3.40. The van der Waals surface area contributed by atoms with Gasteiger partial charge in [0.05, 0.1) is 18.0 Å². The molecule has 1 aliphatic rings. The molecular weight excluding hydrogens is 205 g/mol. The van der Waals surface area contributed by atoms with Crippen LogP contribution < -0.4 is 4.74 Å². The van der Waals surface area contributed by atoms with Gasteiger partial charge >= 0.3 is 0 Å². The van der Waals surface area contributed by atoms with Crippen molar-refractivity contribution in [2.45, 2.75) is 46.0 Å². The lowest BCUT2D eigenvalue weighted by molar-refractivity contribution is 0.349. The standard InChI is InChI=1S/C13H18FNO/c1-7(2)10-11(14)12(8(3)4)15-9-5-6-16-13(9)10/h7-8H,5-6H2,1-4H3. The monoisotopic (exact) mass is 223 g/mol. The molecule has 16 heavy (non-hydrogen) atoms. The third-order valence-corrected chi connectivity index (χ3v) is 2.93. The first kappa shape index (κ1) is 11.4. The Morgan fingerprint density at radius 3 is 2.44 bits per heavy atom. The molecule has 0 fully saturated rings. The number of halogens is 1. The second-order valence-corrected chi connectivity index (χ2v) is 4.91. The van der Waals surface area contributed by atoms with Gasteiger partial charge in [-0.3, -0.25) is 4.98 Å². The largest absolute Gasteiger partial charge is 0.491 e. The zero-order valence-corrected chi connectivity index (χ0v) is 10.3. The Morgan fingerprint density at radius 2 is 1.88 bits per heavy atom. The lowest BCUT2D eigenvalue weighted by Gasteiger charge is -2.16. The van der Waals surface area contributed by atoms with E-state index >= 15 is 0 Å². The van der Waals surface area contributed by atoms with Gasteiger partial charge in [0.1, 0.15) is 5.75 Å². The van der Waals surface area contributed by atoms with Gasteiger partial charge in [-0.15, -0.1) is 0 Å². The highest BCUT2D eigenvalue weighted by Gasteiger charge is 2.27. The van der Waals surface area contributed by atoms with Gasteiger partial charge in [0, 0.05) is 12.0 Å². The lowest BCUT2D eigenvalue weighted by atomic mass is 9.97. The Balaban J connectivity index is 2.65. The summed E-state index contributed by atoms with van der Waals surface area (Å²) in [5.41, 5.74) is 2.20. The van der Waals surface area contributed by atoms with Gasteiger partial charge < -0.3 is 4.74 Å². The molecule has 1 aromatic heterocycles. The Morgan fingerprint density at radius 1 is 1.19 bits per heavy atom. The highest BCUT2D eigenvalue weighted by molar-refractivity contribution is 5.45. The average molecular weight is 223 g/mol. The van der Waals surface area contributed by atoms with E-state index < -0.39 is 0 Å². The summed E-state index contributed by atoms with van der Waals surface area (Å²) in [5, 5.41) is 0. The number of fused-ring (bicyclic) bond motifs is 1. The zero-order valence-electron chi connectivity index (χ0n) is 10.3. The van der Waals surface area contributed by atoms with Crippen LogP contribution in [0, 0.1) is 5.82 Å². The minimum atomic E-state index is -0.175. The van der Waals surface area contributed by atoms with Crippen LogP contribution in [0.2, 0.25) is 0 Å². The van der Waals surface area contributed by atoms with Crippen molar-refractivity contribution in [3.8, 4) is 5.75 Å². The molecule has 0 bridgehead atoms. The summed E-state index contributed by atoms with van der Waals surface area (Å²) >= 11 is 0. The molecule has 1 aromatic rings. The van der Waals surface area contributed by atoms with E-state index in [0.717, 1.165) is 12.1 Å². The van der Waals surface area contributed by atoms with Crippen molar-refractivity contribution in [1.29, 1.82) is 0 Å². The summed E-state index contributed by atoms with van der Waals surface area (Å²) in [6.45, 7) is 8.55. The summed E-state index contributed by atoms with van der Waals surface area (Å²) < 4.78 is 19.8. The maximum atomic E-state index is 14.3. The molecule has 2 rings (SSSR count). The van der Waals surface area contributed by atoms with Crippen molar-refractivity contribution in [2.24, 2.45) is 0 Å². The molecule has 1 aliphatic heterocycles. The quantitative estimate of drug-likeness (QED) is 0.766. The number of rotatable bonds is 2. The lowest BCUT2D eigenvalue weighted by Crippen LogP contribution is -2.07. The van der Waals surface area contributed by atoms with Crippen LogP contribution in [0.15, 0.2) is 0 Å². The fourth-order valence-corrected chi connectivity index (χ4v) is 2.12. The molecular formula is C13H18FNO. The van der Waals surface area contributed by atoms with Gasteiger partial charge in [-0.2, -0.15) is 0 Å². The van der Waals surface area contributed by atoms with Crippen molar-refractivity contribution >= 4 is 0 Å². The molecule has 0 spiro atoms. The first-order valence-corrected chi connectivity index (χ1v) is 5.87. The average Bonchev–Trinajstić information content (AvgIpc) is 2.62. The van der Waals surface area contributed by atoms with E-state index in [1.54, 1.807) is 0 Å². The van der Waals surface area contributed by atoms with Gasteiger partial charge in [-0.1, -0.05) is 27.7 Å². The Kier molecular flexibility index (Phi) is 2.87. The molecule has 0 saturated heterocycles. The van der Waals surface area contributed by atoms with Crippen LogP contribution in [0.3, 0.4) is 0 Å². The minimum Gasteiger partial charge on any atom is -0.491 e. The number of hydrogen-bond acceptors (Lipinski definition) is 2. The summed E-state index contributed by atoms with van der Waals surface area (Å²) in [6, 6.07) is 0. The van der Waals surface area contributed by atoms with E-state index in [9.17, 15) is 4.39 Å². The van der Waals surface area contributed by atoms with E-state index in [0.29, 0.717) is 23.6 Å². The Labute approximate surface area is 95.8 Å². The van der Waals surface area contributed by atoms with E-state index in [1.807, 2.05) is 27.7 Å². The number of hydrogen-bond donors (Lipinski definition) is 0. The van der Waals surface area contributed by atoms with Crippen LogP contribution in [-0.4, -0.2) is 11.6 Å². The molecule has 0 amide bonds. The highest BCUT2D eigenvalue weighted by atomic mass is 19.1. The molecule has 0 radical (unpaired) electrons. The predicted molar refractivity (Wildman–Crippen MR) is 61.6 cm³/mol. The van der Waals surface area contributed by atoms with Gasteiger partial charge in [-0.25, -0.2) is 4.39 Å². The van der Waals surface area contributed by atoms with E-state index in [-0.39, 0.29) is 17.7 Å². The van der Waals surface area contributed by atoms with Crippen LogP contribution in [0.25, 0.3) is 0 Å². The molecule has 2 heterocycles. The second kappa shape index (κ2) is 4.04. The topological polar surface area (TPSA) is 22.1 Å². The van der Waals surface area contributed by atoms with Crippen LogP contribution in [0.5, 0.6) is 5.75 Å². The molecule has 0 atom stereocenters. The molecule has 3 heteroatoms. The van der Waals surface area contributed by atoms with Crippen molar-refractivity contribution in [1.82, 2.24) is 4.98 Å². The van der Waals surface area contributed by atoms with Crippen LogP contribution in [0.4, 0.5) is 4.39 Å². The van der Waals surface area contributed by atoms with Crippen molar-refractivity contribution in [3.05, 3.63) is 22.8 Å². The molecule has 0 unspecified atom stereocenters. The minimum absolute atomic E-state index is 0.114. The third kappa shape index (κ3) is 1.68. The second-order valence-electron chi connectivity index (χ2n) is 4.91. The van der Waals surface area contributed by atoms with E-state index in [1.165, 1.54) is 0 Å². The summed E-state index contributed by atoms with van der Waals surface area (Å²) in [6.07, 6.45) is 0.801. The van der Waals surface area contributed by atoms with E-state index in [2.05, 4.69) is 4.98 Å². The van der Waals surface area contributed by atoms with Crippen LogP contribution >= 0.6 is 0 Å². The smallest absolute Gasteiger partial charge is 0.152 e. The molecule has 0 saturated carbocycles. The highest BCUT2D eigenvalue weighted by Crippen LogP contribution is 2.37. The molecule has 0 N–H and O–H groups in total. The number of pyridine rings is 1. The van der Waals surface area contributed by atoms with Crippen molar-refractivity contribution in [2.75, 3.05) is 6.61 Å². The molecule has 2 nitrogen and oxygen atoms in total. The van der Waals surface area contributed by atoms with E-state index in [4.69, 9.17) is 4.74 Å². The number of ether oxygens (including phenoxy) is 1.